The van der Waals surface area contributed by atoms with Gasteiger partial charge in [0, 0.05) is 12.7 Å². The second-order valence-electron chi connectivity index (χ2n) is 11.9. The standard InChI is InChI=1S/C31H48O3Si3/c1-32-37(31-25-15-6-16-26-31,33-35-27-17-7-2-8-18-27)34-36(28-19-9-3-10-20-28,29-21-11-4-12-22-29)30-23-13-5-14-24-30/h2-7,9,11,13,15,27-31H,8,10,12,14,16-26H2,1H3. The van der Waals surface area contributed by atoms with E-state index in [0.717, 1.165) is 25.7 Å². The van der Waals surface area contributed by atoms with E-state index in [9.17, 15) is 0 Å². The van der Waals surface area contributed by atoms with Crippen molar-refractivity contribution in [1.29, 1.82) is 0 Å². The van der Waals surface area contributed by atoms with Crippen molar-refractivity contribution in [2.45, 2.75) is 124 Å². The molecule has 0 saturated heterocycles. The van der Waals surface area contributed by atoms with Crippen LogP contribution in [0.2, 0.25) is 27.7 Å². The van der Waals surface area contributed by atoms with E-state index in [1.165, 1.54) is 70.6 Å². The monoisotopic (exact) mass is 552 g/mol. The lowest BCUT2D eigenvalue weighted by molar-refractivity contribution is 0.173. The van der Waals surface area contributed by atoms with E-state index in [0.29, 0.717) is 37.5 Å². The SMILES string of the molecule is CO[Si](O[Si]C1CC=CCC1)(O[Si](C1CC=CCC1)(C1CC=CCC1)C1CC=CCC1)C1CC=CCC1. The summed E-state index contributed by atoms with van der Waals surface area (Å²) in [6.07, 6.45) is 42.1. The molecule has 6 unspecified atom stereocenters. The zero-order chi connectivity index (χ0) is 25.4. The molecule has 5 aliphatic rings. The quantitative estimate of drug-likeness (QED) is 0.200. The zero-order valence-electron chi connectivity index (χ0n) is 23.0. The fourth-order valence-electron chi connectivity index (χ4n) is 7.72. The summed E-state index contributed by atoms with van der Waals surface area (Å²) in [6.45, 7) is 0. The number of hydrogen-bond acceptors (Lipinski definition) is 3. The molecule has 2 radical (unpaired) electrons. The minimum absolute atomic E-state index is 0.401. The van der Waals surface area contributed by atoms with Crippen LogP contribution in [-0.4, -0.2) is 34.0 Å². The Morgan fingerprint density at radius 3 is 1.35 bits per heavy atom. The predicted octanol–water partition coefficient (Wildman–Crippen LogP) is 9.14. The van der Waals surface area contributed by atoms with Gasteiger partial charge in [-0.15, -0.1) is 0 Å². The normalized spacial score (nSPS) is 35.2. The van der Waals surface area contributed by atoms with Crippen molar-refractivity contribution in [3.8, 4) is 0 Å². The highest BCUT2D eigenvalue weighted by molar-refractivity contribution is 6.87. The minimum atomic E-state index is -2.91. The van der Waals surface area contributed by atoms with E-state index in [1.807, 2.05) is 7.11 Å². The van der Waals surface area contributed by atoms with Crippen molar-refractivity contribution in [3.05, 3.63) is 60.8 Å². The third-order valence-electron chi connectivity index (χ3n) is 9.73. The van der Waals surface area contributed by atoms with E-state index in [1.54, 1.807) is 0 Å². The van der Waals surface area contributed by atoms with Gasteiger partial charge in [-0.25, -0.2) is 0 Å². The average Bonchev–Trinajstić information content (AvgIpc) is 3.00. The summed E-state index contributed by atoms with van der Waals surface area (Å²) >= 11 is 0. The third-order valence-corrected chi connectivity index (χ3v) is 22.2. The molecule has 6 atom stereocenters. The van der Waals surface area contributed by atoms with Gasteiger partial charge in [-0.1, -0.05) is 60.8 Å². The molecule has 0 aromatic heterocycles. The smallest absolute Gasteiger partial charge is 0.415 e. The Balaban J connectivity index is 1.54. The van der Waals surface area contributed by atoms with E-state index in [4.69, 9.17) is 12.7 Å². The Bertz CT molecular complexity index is 821. The van der Waals surface area contributed by atoms with Crippen LogP contribution in [0.1, 0.15) is 96.3 Å². The summed E-state index contributed by atoms with van der Waals surface area (Å²) in [6, 6.07) is 0. The first-order chi connectivity index (χ1) is 18.3. The van der Waals surface area contributed by atoms with Crippen LogP contribution >= 0.6 is 0 Å². The van der Waals surface area contributed by atoms with E-state index in [2.05, 4.69) is 60.8 Å². The molecule has 0 amide bonds. The first-order valence-electron chi connectivity index (χ1n) is 15.2. The van der Waals surface area contributed by atoms with Gasteiger partial charge in [0.2, 0.25) is 9.76 Å². The van der Waals surface area contributed by atoms with E-state index >= 15 is 0 Å². The molecule has 5 rings (SSSR count). The van der Waals surface area contributed by atoms with E-state index in [-0.39, 0.29) is 0 Å². The van der Waals surface area contributed by atoms with Crippen molar-refractivity contribution >= 4 is 26.9 Å². The number of rotatable bonds is 10. The van der Waals surface area contributed by atoms with Crippen molar-refractivity contribution in [2.75, 3.05) is 7.11 Å². The number of allylic oxidation sites excluding steroid dienone is 10. The first kappa shape index (κ1) is 27.8. The van der Waals surface area contributed by atoms with Gasteiger partial charge in [-0.2, -0.15) is 0 Å². The maximum atomic E-state index is 8.11. The molecule has 0 spiro atoms. The second kappa shape index (κ2) is 13.5. The fraction of sp³-hybridized carbons (Fsp3) is 0.677. The van der Waals surface area contributed by atoms with Crippen LogP contribution in [0.25, 0.3) is 0 Å². The maximum absolute atomic E-state index is 8.11. The average molecular weight is 553 g/mol. The molecule has 202 valence electrons. The molecule has 0 aliphatic heterocycles. The zero-order valence-corrected chi connectivity index (χ0v) is 26.0. The molecule has 3 nitrogen and oxygen atoms in total. The van der Waals surface area contributed by atoms with Gasteiger partial charge >= 0.3 is 8.80 Å². The summed E-state index contributed by atoms with van der Waals surface area (Å²) in [5.74, 6) is 0. The van der Waals surface area contributed by atoms with Gasteiger partial charge in [-0.3, -0.25) is 0 Å². The van der Waals surface area contributed by atoms with E-state index < -0.39 is 17.1 Å². The highest BCUT2D eigenvalue weighted by Crippen LogP contribution is 2.57. The van der Waals surface area contributed by atoms with Crippen LogP contribution < -0.4 is 0 Å². The Kier molecular flexibility index (Phi) is 10.2. The first-order valence-corrected chi connectivity index (χ1v) is 20.1. The van der Waals surface area contributed by atoms with Crippen LogP contribution in [0.15, 0.2) is 60.8 Å². The Morgan fingerprint density at radius 1 is 0.541 bits per heavy atom. The lowest BCUT2D eigenvalue weighted by Crippen LogP contribution is -2.64. The third kappa shape index (κ3) is 6.36. The summed E-state index contributed by atoms with van der Waals surface area (Å²) in [5, 5.41) is 0. The molecule has 5 aliphatic carbocycles. The van der Waals surface area contributed by atoms with Gasteiger partial charge in [0.05, 0.1) is 0 Å². The van der Waals surface area contributed by atoms with Crippen molar-refractivity contribution in [3.63, 3.8) is 0 Å². The predicted molar refractivity (Wildman–Crippen MR) is 160 cm³/mol. The Hall–Kier alpha value is -0.769. The fourth-order valence-corrected chi connectivity index (χ4v) is 22.7. The molecule has 0 N–H and O–H groups in total. The molecule has 0 heterocycles. The maximum Gasteiger partial charge on any atom is 0.483 e. The van der Waals surface area contributed by atoms with Crippen LogP contribution in [0.3, 0.4) is 0 Å². The van der Waals surface area contributed by atoms with Crippen LogP contribution in [0.5, 0.6) is 0 Å². The second-order valence-corrected chi connectivity index (χ2v) is 21.2. The van der Waals surface area contributed by atoms with Crippen LogP contribution in [0, 0.1) is 0 Å². The molecule has 0 fully saturated rings. The highest BCUT2D eigenvalue weighted by atomic mass is 28.5. The van der Waals surface area contributed by atoms with Gasteiger partial charge in [0.15, 0.2) is 8.32 Å². The molecule has 6 heteroatoms. The van der Waals surface area contributed by atoms with Crippen LogP contribution in [-0.2, 0) is 12.7 Å². The van der Waals surface area contributed by atoms with Gasteiger partial charge in [-0.05, 0) is 118 Å². The Morgan fingerprint density at radius 2 is 0.973 bits per heavy atom. The van der Waals surface area contributed by atoms with Gasteiger partial charge < -0.3 is 12.7 Å². The summed E-state index contributed by atoms with van der Waals surface area (Å²) in [5.41, 5.74) is 3.06. The van der Waals surface area contributed by atoms with Crippen molar-refractivity contribution < 1.29 is 12.7 Å². The summed E-state index contributed by atoms with van der Waals surface area (Å²) in [7, 11) is -2.77. The lowest BCUT2D eigenvalue weighted by Gasteiger charge is -2.54. The molecule has 37 heavy (non-hydrogen) atoms. The molecule has 0 saturated carbocycles. The minimum Gasteiger partial charge on any atom is -0.415 e. The topological polar surface area (TPSA) is 27.7 Å². The van der Waals surface area contributed by atoms with Crippen molar-refractivity contribution in [1.82, 2.24) is 0 Å². The molecular formula is C31H48O3Si3. The largest absolute Gasteiger partial charge is 0.483 e. The Labute approximate surface area is 231 Å². The van der Waals surface area contributed by atoms with Crippen LogP contribution in [0.4, 0.5) is 0 Å². The van der Waals surface area contributed by atoms with Crippen molar-refractivity contribution in [2.24, 2.45) is 0 Å². The molecule has 0 bridgehead atoms. The molecule has 0 aromatic rings. The lowest BCUT2D eigenvalue weighted by atomic mass is 10.1. The summed E-state index contributed by atoms with van der Waals surface area (Å²) in [4.78, 5) is 0. The van der Waals surface area contributed by atoms with Gasteiger partial charge in [0.25, 0.3) is 0 Å². The molecule has 0 aromatic carbocycles. The highest BCUT2D eigenvalue weighted by Gasteiger charge is 2.61. The number of hydrogen-bond donors (Lipinski definition) is 0. The summed E-state index contributed by atoms with van der Waals surface area (Å²) < 4.78 is 22.1. The molecular weight excluding hydrogens is 505 g/mol. The van der Waals surface area contributed by atoms with Gasteiger partial charge in [0.1, 0.15) is 0 Å².